The maximum atomic E-state index is 12.3. The quantitative estimate of drug-likeness (QED) is 0.803. The molecule has 0 bridgehead atoms. The molecule has 1 unspecified atom stereocenters. The number of halogens is 1. The van der Waals surface area contributed by atoms with Crippen molar-refractivity contribution in [1.82, 2.24) is 19.7 Å². The van der Waals surface area contributed by atoms with E-state index in [1.165, 1.54) is 10.9 Å². The van der Waals surface area contributed by atoms with Crippen LogP contribution >= 0.6 is 11.6 Å². The van der Waals surface area contributed by atoms with Gasteiger partial charge in [0.05, 0.1) is 5.75 Å². The van der Waals surface area contributed by atoms with E-state index >= 15 is 0 Å². The first-order chi connectivity index (χ1) is 9.26. The summed E-state index contributed by atoms with van der Waals surface area (Å²) in [5.41, 5.74) is 0. The van der Waals surface area contributed by atoms with Crippen LogP contribution in [0.1, 0.15) is 23.5 Å². The average molecular weight is 321 g/mol. The standard InChI is InChI=1S/C11H17ClN4O3S/c1-15-11(12)13-9(14-15)10(17)16-5-3-4-8(6-16)7-20(2,18)19/h8H,3-7H2,1-2H3. The average Bonchev–Trinajstić information content (AvgIpc) is 2.67. The van der Waals surface area contributed by atoms with E-state index in [0.29, 0.717) is 13.1 Å². The number of nitrogens with zero attached hydrogens (tertiary/aromatic N) is 4. The number of carbonyl (C=O) groups excluding carboxylic acids is 1. The summed E-state index contributed by atoms with van der Waals surface area (Å²) in [7, 11) is -1.43. The highest BCUT2D eigenvalue weighted by Gasteiger charge is 2.28. The van der Waals surface area contributed by atoms with Gasteiger partial charge in [-0.1, -0.05) is 0 Å². The van der Waals surface area contributed by atoms with Gasteiger partial charge in [-0.25, -0.2) is 13.1 Å². The highest BCUT2D eigenvalue weighted by molar-refractivity contribution is 7.90. The van der Waals surface area contributed by atoms with Crippen molar-refractivity contribution < 1.29 is 13.2 Å². The second-order valence-electron chi connectivity index (χ2n) is 5.18. The fourth-order valence-corrected chi connectivity index (χ4v) is 3.66. The maximum absolute atomic E-state index is 12.3. The molecule has 2 heterocycles. The van der Waals surface area contributed by atoms with Crippen molar-refractivity contribution in [1.29, 1.82) is 0 Å². The number of carbonyl (C=O) groups is 1. The van der Waals surface area contributed by atoms with E-state index in [-0.39, 0.29) is 28.7 Å². The van der Waals surface area contributed by atoms with Crippen LogP contribution < -0.4 is 0 Å². The van der Waals surface area contributed by atoms with Gasteiger partial charge in [-0.2, -0.15) is 4.98 Å². The first-order valence-corrected chi connectivity index (χ1v) is 8.73. The van der Waals surface area contributed by atoms with Crippen LogP contribution in [0.25, 0.3) is 0 Å². The third-order valence-corrected chi connectivity index (χ3v) is 4.65. The molecule has 1 aromatic rings. The molecule has 1 aliphatic heterocycles. The number of aryl methyl sites for hydroxylation is 1. The molecule has 20 heavy (non-hydrogen) atoms. The number of hydrogen-bond acceptors (Lipinski definition) is 5. The number of piperidine rings is 1. The van der Waals surface area contributed by atoms with Gasteiger partial charge in [0.1, 0.15) is 9.84 Å². The van der Waals surface area contributed by atoms with Crippen LogP contribution in [0, 0.1) is 5.92 Å². The number of hydrogen-bond donors (Lipinski definition) is 0. The first-order valence-electron chi connectivity index (χ1n) is 6.30. The van der Waals surface area contributed by atoms with Gasteiger partial charge in [-0.15, -0.1) is 5.10 Å². The monoisotopic (exact) mass is 320 g/mol. The van der Waals surface area contributed by atoms with Crippen LogP contribution in [0.15, 0.2) is 0 Å². The Morgan fingerprint density at radius 3 is 2.75 bits per heavy atom. The van der Waals surface area contributed by atoms with Gasteiger partial charge >= 0.3 is 0 Å². The predicted molar refractivity (Wildman–Crippen MR) is 74.4 cm³/mol. The minimum Gasteiger partial charge on any atom is -0.336 e. The SMILES string of the molecule is Cn1nc(C(=O)N2CCCC(CS(C)(=O)=O)C2)nc1Cl. The molecule has 0 spiro atoms. The van der Waals surface area contributed by atoms with Gasteiger partial charge in [-0.3, -0.25) is 4.79 Å². The highest BCUT2D eigenvalue weighted by Crippen LogP contribution is 2.19. The largest absolute Gasteiger partial charge is 0.336 e. The molecule has 1 saturated heterocycles. The normalized spacial score (nSPS) is 20.1. The minimum absolute atomic E-state index is 0.0260. The molecule has 1 aliphatic rings. The Hall–Kier alpha value is -1.15. The highest BCUT2D eigenvalue weighted by atomic mass is 35.5. The maximum Gasteiger partial charge on any atom is 0.293 e. The molecule has 0 aromatic carbocycles. The second-order valence-corrected chi connectivity index (χ2v) is 7.70. The Bertz CT molecular complexity index is 594. The van der Waals surface area contributed by atoms with Crippen LogP contribution in [0.2, 0.25) is 5.28 Å². The van der Waals surface area contributed by atoms with Crippen molar-refractivity contribution in [2.24, 2.45) is 13.0 Å². The zero-order chi connectivity index (χ0) is 14.9. The van der Waals surface area contributed by atoms with Crippen LogP contribution in [-0.4, -0.2) is 59.1 Å². The Morgan fingerprint density at radius 1 is 1.50 bits per heavy atom. The van der Waals surface area contributed by atoms with Crippen molar-refractivity contribution >= 4 is 27.3 Å². The molecular formula is C11H17ClN4O3S. The van der Waals surface area contributed by atoms with E-state index in [1.54, 1.807) is 11.9 Å². The van der Waals surface area contributed by atoms with E-state index < -0.39 is 9.84 Å². The molecule has 1 fully saturated rings. The first kappa shape index (κ1) is 15.2. The van der Waals surface area contributed by atoms with Crippen molar-refractivity contribution in [2.75, 3.05) is 25.1 Å². The molecule has 7 nitrogen and oxygen atoms in total. The molecular weight excluding hydrogens is 304 g/mol. The van der Waals surface area contributed by atoms with Crippen LogP contribution in [0.5, 0.6) is 0 Å². The van der Waals surface area contributed by atoms with Crippen molar-refractivity contribution in [2.45, 2.75) is 12.8 Å². The Morgan fingerprint density at radius 2 is 2.20 bits per heavy atom. The summed E-state index contributed by atoms with van der Waals surface area (Å²) in [4.78, 5) is 17.8. The van der Waals surface area contributed by atoms with Gasteiger partial charge in [0.2, 0.25) is 11.1 Å². The molecule has 0 radical (unpaired) electrons. The van der Waals surface area contributed by atoms with E-state index in [2.05, 4.69) is 10.1 Å². The predicted octanol–water partition coefficient (Wildman–Crippen LogP) is 0.365. The van der Waals surface area contributed by atoms with E-state index in [9.17, 15) is 13.2 Å². The fraction of sp³-hybridized carbons (Fsp3) is 0.727. The van der Waals surface area contributed by atoms with Gasteiger partial charge in [-0.05, 0) is 30.4 Å². The van der Waals surface area contributed by atoms with Crippen molar-refractivity contribution in [3.05, 3.63) is 11.1 Å². The van der Waals surface area contributed by atoms with E-state index in [1.807, 2.05) is 0 Å². The number of likely N-dealkylation sites (tertiary alicyclic amines) is 1. The second kappa shape index (κ2) is 5.69. The lowest BCUT2D eigenvalue weighted by Crippen LogP contribution is -2.42. The lowest BCUT2D eigenvalue weighted by Gasteiger charge is -2.31. The van der Waals surface area contributed by atoms with Crippen molar-refractivity contribution in [3.63, 3.8) is 0 Å². The third kappa shape index (κ3) is 3.69. The van der Waals surface area contributed by atoms with Gasteiger partial charge in [0, 0.05) is 26.4 Å². The number of aromatic nitrogens is 3. The van der Waals surface area contributed by atoms with E-state index in [0.717, 1.165) is 12.8 Å². The summed E-state index contributed by atoms with van der Waals surface area (Å²) in [5.74, 6) is -0.169. The lowest BCUT2D eigenvalue weighted by atomic mass is 10.00. The van der Waals surface area contributed by atoms with E-state index in [4.69, 9.17) is 11.6 Å². The minimum atomic E-state index is -3.03. The van der Waals surface area contributed by atoms with Crippen LogP contribution in [-0.2, 0) is 16.9 Å². The molecule has 0 N–H and O–H groups in total. The number of rotatable bonds is 3. The molecule has 0 saturated carbocycles. The topological polar surface area (TPSA) is 85.2 Å². The molecule has 1 atom stereocenters. The summed E-state index contributed by atoms with van der Waals surface area (Å²) in [5, 5.41) is 4.10. The Labute approximate surface area is 122 Å². The zero-order valence-corrected chi connectivity index (χ0v) is 13.0. The lowest BCUT2D eigenvalue weighted by molar-refractivity contribution is 0.0671. The van der Waals surface area contributed by atoms with Gasteiger partial charge < -0.3 is 4.90 Å². The summed E-state index contributed by atoms with van der Waals surface area (Å²) in [6, 6.07) is 0. The molecule has 112 valence electrons. The number of sulfone groups is 1. The molecule has 2 rings (SSSR count). The Kier molecular flexibility index (Phi) is 4.33. The number of amides is 1. The van der Waals surface area contributed by atoms with Crippen LogP contribution in [0.3, 0.4) is 0 Å². The Balaban J connectivity index is 2.07. The molecule has 1 aromatic heterocycles. The summed E-state index contributed by atoms with van der Waals surface area (Å²) in [6.45, 7) is 1.01. The summed E-state index contributed by atoms with van der Waals surface area (Å²) in [6.07, 6.45) is 2.81. The van der Waals surface area contributed by atoms with Crippen LogP contribution in [0.4, 0.5) is 0 Å². The summed E-state index contributed by atoms with van der Waals surface area (Å²) >= 11 is 5.77. The molecule has 0 aliphatic carbocycles. The smallest absolute Gasteiger partial charge is 0.293 e. The summed E-state index contributed by atoms with van der Waals surface area (Å²) < 4.78 is 24.0. The molecule has 1 amide bonds. The molecule has 9 heteroatoms. The van der Waals surface area contributed by atoms with Gasteiger partial charge in [0.15, 0.2) is 0 Å². The van der Waals surface area contributed by atoms with Gasteiger partial charge in [0.25, 0.3) is 5.91 Å². The third-order valence-electron chi connectivity index (χ3n) is 3.25. The fourth-order valence-electron chi connectivity index (χ4n) is 2.41. The van der Waals surface area contributed by atoms with Crippen molar-refractivity contribution in [3.8, 4) is 0 Å². The zero-order valence-electron chi connectivity index (χ0n) is 11.4.